The molecule has 0 saturated carbocycles. The van der Waals surface area contributed by atoms with Gasteiger partial charge in [0.2, 0.25) is 0 Å². The molecule has 0 unspecified atom stereocenters. The minimum atomic E-state index is -0.154. The van der Waals surface area contributed by atoms with E-state index in [4.69, 9.17) is 16.3 Å². The van der Waals surface area contributed by atoms with Gasteiger partial charge in [0.05, 0.1) is 30.1 Å². The summed E-state index contributed by atoms with van der Waals surface area (Å²) in [4.78, 5) is 20.3. The molecular formula is C23H19ClN2O2S. The first kappa shape index (κ1) is 19.4. The number of carbonyl (C=O) groups is 1. The van der Waals surface area contributed by atoms with Crippen LogP contribution >= 0.6 is 22.9 Å². The first-order valence-electron chi connectivity index (χ1n) is 9.12. The number of hydrogen-bond donors (Lipinski definition) is 0. The number of aryl methyl sites for hydroxylation is 1. The Morgan fingerprint density at radius 1 is 1.14 bits per heavy atom. The topological polar surface area (TPSA) is 42.4 Å². The third-order valence-electron chi connectivity index (χ3n) is 4.73. The lowest BCUT2D eigenvalue weighted by atomic mass is 10.1. The molecule has 0 aliphatic carbocycles. The Bertz CT molecular complexity index is 1170. The van der Waals surface area contributed by atoms with Gasteiger partial charge in [-0.2, -0.15) is 0 Å². The van der Waals surface area contributed by atoms with Crippen molar-refractivity contribution in [2.24, 2.45) is 0 Å². The number of ether oxygens (including phenoxy) is 1. The zero-order chi connectivity index (χ0) is 20.4. The highest BCUT2D eigenvalue weighted by Gasteiger charge is 2.25. The van der Waals surface area contributed by atoms with Crippen molar-refractivity contribution < 1.29 is 9.53 Å². The lowest BCUT2D eigenvalue weighted by molar-refractivity contribution is 0.0988. The van der Waals surface area contributed by atoms with Crippen molar-refractivity contribution in [3.63, 3.8) is 0 Å². The van der Waals surface area contributed by atoms with E-state index < -0.39 is 0 Å². The van der Waals surface area contributed by atoms with E-state index in [2.05, 4.69) is 4.98 Å². The van der Waals surface area contributed by atoms with Crippen molar-refractivity contribution in [1.82, 2.24) is 4.98 Å². The lowest BCUT2D eigenvalue weighted by Crippen LogP contribution is -2.31. The van der Waals surface area contributed by atoms with Gasteiger partial charge in [0.25, 0.3) is 5.91 Å². The summed E-state index contributed by atoms with van der Waals surface area (Å²) in [5.74, 6) is 0.532. The van der Waals surface area contributed by atoms with Crippen LogP contribution in [0.3, 0.4) is 0 Å². The van der Waals surface area contributed by atoms with Gasteiger partial charge in [-0.3, -0.25) is 9.78 Å². The van der Waals surface area contributed by atoms with Crippen LogP contribution in [-0.2, 0) is 6.54 Å². The number of rotatable bonds is 5. The minimum absolute atomic E-state index is 0.154. The van der Waals surface area contributed by atoms with Crippen LogP contribution in [0, 0.1) is 6.92 Å². The van der Waals surface area contributed by atoms with E-state index in [-0.39, 0.29) is 5.91 Å². The number of fused-ring (bicyclic) bond motifs is 1. The second-order valence-corrected chi connectivity index (χ2v) is 8.04. The zero-order valence-electron chi connectivity index (χ0n) is 16.1. The summed E-state index contributed by atoms with van der Waals surface area (Å²) in [7, 11) is 1.61. The van der Waals surface area contributed by atoms with Crippen LogP contribution in [0.15, 0.2) is 66.9 Å². The number of halogens is 1. The predicted molar refractivity (Wildman–Crippen MR) is 119 cm³/mol. The summed E-state index contributed by atoms with van der Waals surface area (Å²) >= 11 is 8.01. The number of hydrogen-bond acceptors (Lipinski definition) is 4. The van der Waals surface area contributed by atoms with Crippen LogP contribution in [-0.4, -0.2) is 18.0 Å². The van der Waals surface area contributed by atoms with Crippen molar-refractivity contribution in [2.45, 2.75) is 13.5 Å². The highest BCUT2D eigenvalue weighted by molar-refractivity contribution is 7.21. The van der Waals surface area contributed by atoms with Crippen LogP contribution in [0.25, 0.3) is 10.1 Å². The maximum Gasteiger partial charge on any atom is 0.270 e. The fourth-order valence-corrected chi connectivity index (χ4v) is 4.66. The molecule has 0 aliphatic rings. The first-order chi connectivity index (χ1) is 14.1. The Morgan fingerprint density at radius 3 is 2.66 bits per heavy atom. The van der Waals surface area contributed by atoms with Crippen LogP contribution in [0.2, 0.25) is 5.02 Å². The van der Waals surface area contributed by atoms with Gasteiger partial charge < -0.3 is 9.64 Å². The van der Waals surface area contributed by atoms with Gasteiger partial charge in [-0.25, -0.2) is 0 Å². The molecule has 0 saturated heterocycles. The van der Waals surface area contributed by atoms with Gasteiger partial charge in [-0.1, -0.05) is 41.9 Å². The third kappa shape index (κ3) is 3.84. The number of anilines is 1. The lowest BCUT2D eigenvalue weighted by Gasteiger charge is -2.24. The molecule has 0 fully saturated rings. The van der Waals surface area contributed by atoms with Gasteiger partial charge in [0, 0.05) is 22.3 Å². The van der Waals surface area contributed by atoms with E-state index in [9.17, 15) is 4.79 Å². The van der Waals surface area contributed by atoms with E-state index in [1.54, 1.807) is 18.2 Å². The molecule has 4 nitrogen and oxygen atoms in total. The fraction of sp³-hybridized carbons (Fsp3) is 0.130. The number of amides is 1. The molecule has 0 radical (unpaired) electrons. The zero-order valence-corrected chi connectivity index (χ0v) is 17.6. The Kier molecular flexibility index (Phi) is 5.51. The van der Waals surface area contributed by atoms with Crippen molar-refractivity contribution in [3.8, 4) is 5.75 Å². The molecule has 2 aromatic carbocycles. The largest absolute Gasteiger partial charge is 0.497 e. The average molecular weight is 423 g/mol. The molecule has 2 heterocycles. The number of thiophene rings is 1. The molecule has 4 rings (SSSR count). The van der Waals surface area contributed by atoms with Crippen LogP contribution in [0.1, 0.15) is 20.9 Å². The average Bonchev–Trinajstić information content (AvgIpc) is 3.10. The van der Waals surface area contributed by atoms with Crippen molar-refractivity contribution >= 4 is 44.6 Å². The Hall–Kier alpha value is -2.89. The van der Waals surface area contributed by atoms with Crippen molar-refractivity contribution in [2.75, 3.05) is 12.0 Å². The molecule has 29 heavy (non-hydrogen) atoms. The number of nitrogens with zero attached hydrogens (tertiary/aromatic N) is 2. The SMILES string of the molecule is COc1ccc(C)c(N(Cc2ccccn2)C(=O)c2sc3ccccc3c2Cl)c1. The number of benzene rings is 2. The van der Waals surface area contributed by atoms with Gasteiger partial charge in [-0.05, 0) is 36.8 Å². The molecule has 2 aromatic heterocycles. The van der Waals surface area contributed by atoms with Gasteiger partial charge in [0.15, 0.2) is 0 Å². The first-order valence-corrected chi connectivity index (χ1v) is 10.3. The van der Waals surface area contributed by atoms with E-state index in [0.29, 0.717) is 22.2 Å². The maximum atomic E-state index is 13.7. The molecule has 4 aromatic rings. The second kappa shape index (κ2) is 8.23. The summed E-state index contributed by atoms with van der Waals surface area (Å²) in [5, 5.41) is 1.38. The van der Waals surface area contributed by atoms with Gasteiger partial charge in [0.1, 0.15) is 10.6 Å². The highest BCUT2D eigenvalue weighted by Crippen LogP contribution is 2.37. The minimum Gasteiger partial charge on any atom is -0.497 e. The molecule has 0 spiro atoms. The van der Waals surface area contributed by atoms with E-state index in [1.165, 1.54) is 11.3 Å². The van der Waals surface area contributed by atoms with Crippen molar-refractivity contribution in [3.05, 3.63) is 88.0 Å². The molecule has 0 aliphatic heterocycles. The van der Waals surface area contributed by atoms with E-state index in [0.717, 1.165) is 27.0 Å². The Morgan fingerprint density at radius 2 is 1.93 bits per heavy atom. The van der Waals surface area contributed by atoms with Crippen LogP contribution < -0.4 is 9.64 Å². The van der Waals surface area contributed by atoms with Crippen LogP contribution in [0.4, 0.5) is 5.69 Å². The summed E-state index contributed by atoms with van der Waals surface area (Å²) in [6.45, 7) is 2.30. The smallest absolute Gasteiger partial charge is 0.270 e. The fourth-order valence-electron chi connectivity index (χ4n) is 3.20. The highest BCUT2D eigenvalue weighted by atomic mass is 35.5. The maximum absolute atomic E-state index is 13.7. The second-order valence-electron chi connectivity index (χ2n) is 6.61. The van der Waals surface area contributed by atoms with Gasteiger partial charge in [-0.15, -0.1) is 11.3 Å². The molecule has 146 valence electrons. The van der Waals surface area contributed by atoms with Crippen LogP contribution in [0.5, 0.6) is 5.75 Å². The Balaban J connectivity index is 1.83. The number of aromatic nitrogens is 1. The number of methoxy groups -OCH3 is 1. The molecule has 0 N–H and O–H groups in total. The van der Waals surface area contributed by atoms with Gasteiger partial charge >= 0.3 is 0 Å². The molecule has 1 amide bonds. The Labute approximate surface area is 178 Å². The third-order valence-corrected chi connectivity index (χ3v) is 6.39. The standard InChI is InChI=1S/C23H19ClN2O2S/c1-15-10-11-17(28-2)13-19(15)26(14-16-7-5-6-12-25-16)23(27)22-21(24)18-8-3-4-9-20(18)29-22/h3-13H,14H2,1-2H3. The summed E-state index contributed by atoms with van der Waals surface area (Å²) in [5.41, 5.74) is 2.53. The predicted octanol–water partition coefficient (Wildman–Crippen LogP) is 6.11. The quantitative estimate of drug-likeness (QED) is 0.389. The summed E-state index contributed by atoms with van der Waals surface area (Å²) in [6, 6.07) is 19.2. The monoisotopic (exact) mass is 422 g/mol. The van der Waals surface area contributed by atoms with E-state index >= 15 is 0 Å². The summed E-state index contributed by atoms with van der Waals surface area (Å²) < 4.78 is 6.38. The normalized spacial score (nSPS) is 10.9. The van der Waals surface area contributed by atoms with Crippen molar-refractivity contribution in [1.29, 1.82) is 0 Å². The number of carbonyl (C=O) groups excluding carboxylic acids is 1. The van der Waals surface area contributed by atoms with E-state index in [1.807, 2.05) is 67.6 Å². The number of pyridine rings is 1. The summed E-state index contributed by atoms with van der Waals surface area (Å²) in [6.07, 6.45) is 1.73. The molecule has 6 heteroatoms. The molecule has 0 atom stereocenters. The molecular weight excluding hydrogens is 404 g/mol. The molecule has 0 bridgehead atoms.